The van der Waals surface area contributed by atoms with Crippen LogP contribution in [0.25, 0.3) is 0 Å². The average molecular weight is 310 g/mol. The van der Waals surface area contributed by atoms with Crippen LogP contribution in [0.3, 0.4) is 0 Å². The summed E-state index contributed by atoms with van der Waals surface area (Å²) < 4.78 is 14.7. The third-order valence-corrected chi connectivity index (χ3v) is 3.30. The molecule has 4 nitrogen and oxygen atoms in total. The van der Waals surface area contributed by atoms with E-state index in [0.717, 1.165) is 5.56 Å². The first-order valence-electron chi connectivity index (χ1n) is 6.55. The van der Waals surface area contributed by atoms with Gasteiger partial charge in [-0.1, -0.05) is 17.7 Å². The lowest BCUT2D eigenvalue weighted by atomic mass is 10.1. The molecule has 0 atom stereocenters. The monoisotopic (exact) mass is 309 g/mol. The van der Waals surface area contributed by atoms with Crippen molar-refractivity contribution in [3.63, 3.8) is 0 Å². The molecule has 0 saturated heterocycles. The molecule has 0 amide bonds. The lowest BCUT2D eigenvalue weighted by Gasteiger charge is -2.22. The smallest absolute Gasteiger partial charge is 0.293 e. The Balaban J connectivity index is 2.21. The van der Waals surface area contributed by atoms with Gasteiger partial charge in [0.2, 0.25) is 0 Å². The summed E-state index contributed by atoms with van der Waals surface area (Å²) in [7, 11) is 0. The molecule has 2 aromatic rings. The lowest BCUT2D eigenvalue weighted by Crippen LogP contribution is -2.35. The van der Waals surface area contributed by atoms with Gasteiger partial charge in [0, 0.05) is 24.5 Å². The van der Waals surface area contributed by atoms with E-state index in [-0.39, 0.29) is 21.9 Å². The van der Waals surface area contributed by atoms with E-state index >= 15 is 0 Å². The molecule has 0 fully saturated rings. The van der Waals surface area contributed by atoms with E-state index < -0.39 is 5.82 Å². The molecule has 0 aliphatic carbocycles. The fourth-order valence-corrected chi connectivity index (χ4v) is 2.10. The van der Waals surface area contributed by atoms with Gasteiger partial charge >= 0.3 is 0 Å². The molecule has 0 spiro atoms. The molecule has 0 radical (unpaired) electrons. The molecule has 112 valence electrons. The van der Waals surface area contributed by atoms with Crippen molar-refractivity contribution in [3.05, 3.63) is 57.3 Å². The van der Waals surface area contributed by atoms with Crippen LogP contribution < -0.4 is 10.9 Å². The molecule has 0 saturated carbocycles. The molecule has 1 aromatic carbocycles. The Kier molecular flexibility index (Phi) is 4.32. The van der Waals surface area contributed by atoms with E-state index in [4.69, 9.17) is 11.6 Å². The molecule has 0 bridgehead atoms. The molecular formula is C15H17ClFN3O. The number of hydrogen-bond acceptors (Lipinski definition) is 3. The van der Waals surface area contributed by atoms with Gasteiger partial charge in [0.15, 0.2) is 5.82 Å². The molecule has 0 unspecified atom stereocenters. The Hall–Kier alpha value is -1.88. The van der Waals surface area contributed by atoms with Gasteiger partial charge in [-0.05, 0) is 38.5 Å². The minimum Gasteiger partial charge on any atom is -0.361 e. The Labute approximate surface area is 127 Å². The van der Waals surface area contributed by atoms with Crippen LogP contribution in [-0.2, 0) is 12.1 Å². The summed E-state index contributed by atoms with van der Waals surface area (Å²) in [6, 6.07) is 4.43. The molecule has 1 heterocycles. The maximum Gasteiger partial charge on any atom is 0.293 e. The van der Waals surface area contributed by atoms with Crippen molar-refractivity contribution in [1.29, 1.82) is 0 Å². The first kappa shape index (κ1) is 15.5. The largest absolute Gasteiger partial charge is 0.361 e. The zero-order valence-corrected chi connectivity index (χ0v) is 12.9. The van der Waals surface area contributed by atoms with E-state index in [1.54, 1.807) is 23.0 Å². The topological polar surface area (TPSA) is 46.9 Å². The number of benzene rings is 1. The maximum absolute atomic E-state index is 13.1. The number of nitrogens with one attached hydrogen (secondary N) is 1. The lowest BCUT2D eigenvalue weighted by molar-refractivity contribution is 0.383. The molecule has 1 aromatic heterocycles. The molecule has 2 rings (SSSR count). The SMILES string of the molecule is CC(C)(C)n1ccnc(NCc2ccc(F)c(Cl)c2)c1=O. The summed E-state index contributed by atoms with van der Waals surface area (Å²) in [5.41, 5.74) is 0.252. The predicted octanol–water partition coefficient (Wildman–Crippen LogP) is 3.40. The Bertz CT molecular complexity index is 707. The van der Waals surface area contributed by atoms with E-state index in [0.29, 0.717) is 6.54 Å². The standard InChI is InChI=1S/C15H17ClFN3O/c1-15(2,3)20-7-6-18-13(14(20)21)19-9-10-4-5-12(17)11(16)8-10/h4-8H,9H2,1-3H3,(H,18,19). The Morgan fingerprint density at radius 1 is 1.38 bits per heavy atom. The van der Waals surface area contributed by atoms with Gasteiger partial charge in [-0.3, -0.25) is 4.79 Å². The third-order valence-electron chi connectivity index (χ3n) is 3.01. The van der Waals surface area contributed by atoms with Crippen molar-refractivity contribution in [2.45, 2.75) is 32.9 Å². The van der Waals surface area contributed by atoms with Crippen LogP contribution >= 0.6 is 11.6 Å². The highest BCUT2D eigenvalue weighted by Gasteiger charge is 2.16. The summed E-state index contributed by atoms with van der Waals surface area (Å²) in [6.45, 7) is 6.17. The molecule has 21 heavy (non-hydrogen) atoms. The van der Waals surface area contributed by atoms with Gasteiger partial charge in [-0.15, -0.1) is 0 Å². The molecule has 1 N–H and O–H groups in total. The Morgan fingerprint density at radius 2 is 2.10 bits per heavy atom. The van der Waals surface area contributed by atoms with Gasteiger partial charge in [0.05, 0.1) is 5.02 Å². The second-order valence-electron chi connectivity index (χ2n) is 5.72. The van der Waals surface area contributed by atoms with Gasteiger partial charge < -0.3 is 9.88 Å². The van der Waals surface area contributed by atoms with E-state index in [1.807, 2.05) is 20.8 Å². The number of aromatic nitrogens is 2. The van der Waals surface area contributed by atoms with Crippen LogP contribution in [0.2, 0.25) is 5.02 Å². The van der Waals surface area contributed by atoms with Crippen LogP contribution in [0, 0.1) is 5.82 Å². The summed E-state index contributed by atoms with van der Waals surface area (Å²) in [5, 5.41) is 3.02. The highest BCUT2D eigenvalue weighted by atomic mass is 35.5. The molecule has 0 aliphatic rings. The van der Waals surface area contributed by atoms with Crippen molar-refractivity contribution < 1.29 is 4.39 Å². The van der Waals surface area contributed by atoms with E-state index in [9.17, 15) is 9.18 Å². The molecular weight excluding hydrogens is 293 g/mol. The van der Waals surface area contributed by atoms with Crippen molar-refractivity contribution in [2.75, 3.05) is 5.32 Å². The number of rotatable bonds is 3. The maximum atomic E-state index is 13.1. The highest BCUT2D eigenvalue weighted by Crippen LogP contribution is 2.16. The average Bonchev–Trinajstić information content (AvgIpc) is 2.40. The van der Waals surface area contributed by atoms with Crippen LogP contribution in [0.1, 0.15) is 26.3 Å². The summed E-state index contributed by atoms with van der Waals surface area (Å²) in [6.07, 6.45) is 3.23. The first-order chi connectivity index (χ1) is 9.79. The van der Waals surface area contributed by atoms with Crippen LogP contribution in [0.15, 0.2) is 35.4 Å². The third kappa shape index (κ3) is 3.61. The van der Waals surface area contributed by atoms with Crippen molar-refractivity contribution in [3.8, 4) is 0 Å². The van der Waals surface area contributed by atoms with Crippen LogP contribution in [0.5, 0.6) is 0 Å². The van der Waals surface area contributed by atoms with Gasteiger partial charge in [0.25, 0.3) is 5.56 Å². The highest BCUT2D eigenvalue weighted by molar-refractivity contribution is 6.30. The second kappa shape index (κ2) is 5.85. The predicted molar refractivity (Wildman–Crippen MR) is 82.2 cm³/mol. The number of hydrogen-bond donors (Lipinski definition) is 1. The minimum atomic E-state index is -0.464. The fourth-order valence-electron chi connectivity index (χ4n) is 1.90. The normalized spacial score (nSPS) is 11.5. The van der Waals surface area contributed by atoms with Gasteiger partial charge in [0.1, 0.15) is 5.82 Å². The Morgan fingerprint density at radius 3 is 2.71 bits per heavy atom. The first-order valence-corrected chi connectivity index (χ1v) is 6.93. The van der Waals surface area contributed by atoms with Gasteiger partial charge in [-0.2, -0.15) is 0 Å². The quantitative estimate of drug-likeness (QED) is 0.945. The summed E-state index contributed by atoms with van der Waals surface area (Å²) in [4.78, 5) is 16.4. The summed E-state index contributed by atoms with van der Waals surface area (Å²) in [5.74, 6) is -0.207. The molecule has 6 heteroatoms. The van der Waals surface area contributed by atoms with Crippen molar-refractivity contribution in [2.24, 2.45) is 0 Å². The van der Waals surface area contributed by atoms with Crippen LogP contribution in [0.4, 0.5) is 10.2 Å². The zero-order chi connectivity index (χ0) is 15.6. The molecule has 0 aliphatic heterocycles. The van der Waals surface area contributed by atoms with E-state index in [1.165, 1.54) is 12.1 Å². The fraction of sp³-hybridized carbons (Fsp3) is 0.333. The van der Waals surface area contributed by atoms with Crippen molar-refractivity contribution in [1.82, 2.24) is 9.55 Å². The van der Waals surface area contributed by atoms with Crippen molar-refractivity contribution >= 4 is 17.4 Å². The number of nitrogens with zero attached hydrogens (tertiary/aromatic N) is 2. The zero-order valence-electron chi connectivity index (χ0n) is 12.2. The second-order valence-corrected chi connectivity index (χ2v) is 6.13. The number of halogens is 2. The van der Waals surface area contributed by atoms with E-state index in [2.05, 4.69) is 10.3 Å². The van der Waals surface area contributed by atoms with Gasteiger partial charge in [-0.25, -0.2) is 9.37 Å². The minimum absolute atomic E-state index is 0.0578. The number of anilines is 1. The summed E-state index contributed by atoms with van der Waals surface area (Å²) >= 11 is 5.73. The van der Waals surface area contributed by atoms with Crippen LogP contribution in [-0.4, -0.2) is 9.55 Å².